The molecule has 17 heavy (non-hydrogen) atoms. The second-order valence-corrected chi connectivity index (χ2v) is 4.94. The van der Waals surface area contributed by atoms with E-state index in [-0.39, 0.29) is 5.60 Å². The predicted molar refractivity (Wildman–Crippen MR) is 70.3 cm³/mol. The van der Waals surface area contributed by atoms with E-state index in [2.05, 4.69) is 44.0 Å². The molecule has 0 radical (unpaired) electrons. The molecule has 2 nitrogen and oxygen atoms in total. The van der Waals surface area contributed by atoms with E-state index in [1.807, 2.05) is 12.1 Å². The van der Waals surface area contributed by atoms with Crippen LogP contribution in [0.3, 0.4) is 0 Å². The van der Waals surface area contributed by atoms with Gasteiger partial charge in [-0.1, -0.05) is 18.8 Å². The first-order valence-electron chi connectivity index (χ1n) is 6.12. The van der Waals surface area contributed by atoms with E-state index in [1.165, 1.54) is 5.56 Å². The minimum atomic E-state index is -0.0713. The molecule has 1 aromatic rings. The summed E-state index contributed by atoms with van der Waals surface area (Å²) in [7, 11) is 0. The van der Waals surface area contributed by atoms with Crippen molar-refractivity contribution < 1.29 is 4.74 Å². The molecule has 1 heterocycles. The van der Waals surface area contributed by atoms with Crippen molar-refractivity contribution in [2.24, 2.45) is 0 Å². The van der Waals surface area contributed by atoms with E-state index in [0.29, 0.717) is 0 Å². The highest BCUT2D eigenvalue weighted by molar-refractivity contribution is 5.47. The Morgan fingerprint density at radius 1 is 1.41 bits per heavy atom. The Bertz CT molecular complexity index is 466. The molecule has 0 fully saturated rings. The molecule has 1 aliphatic rings. The molecule has 2 rings (SSSR count). The Morgan fingerprint density at radius 3 is 3.00 bits per heavy atom. The van der Waals surface area contributed by atoms with Crippen LogP contribution in [0.5, 0.6) is 5.75 Å². The number of fused-ring (bicyclic) bond motifs is 1. The molecule has 1 N–H and O–H groups in total. The van der Waals surface area contributed by atoms with Crippen molar-refractivity contribution in [3.05, 3.63) is 29.3 Å². The summed E-state index contributed by atoms with van der Waals surface area (Å²) in [4.78, 5) is 0. The summed E-state index contributed by atoms with van der Waals surface area (Å²) < 4.78 is 5.83. The maximum Gasteiger partial charge on any atom is 0.123 e. The molecule has 1 aromatic carbocycles. The molecule has 0 unspecified atom stereocenters. The van der Waals surface area contributed by atoms with Gasteiger partial charge in [-0.15, -0.1) is 0 Å². The fourth-order valence-corrected chi connectivity index (χ4v) is 2.02. The number of ether oxygens (including phenoxy) is 1. The molecular formula is C15H19NO. The summed E-state index contributed by atoms with van der Waals surface area (Å²) in [5, 5.41) is 3.19. The quantitative estimate of drug-likeness (QED) is 0.621. The lowest BCUT2D eigenvalue weighted by Crippen LogP contribution is -2.24. The van der Waals surface area contributed by atoms with Crippen molar-refractivity contribution in [3.63, 3.8) is 0 Å². The van der Waals surface area contributed by atoms with Crippen molar-refractivity contribution >= 4 is 0 Å². The number of hydrogen-bond acceptors (Lipinski definition) is 2. The Kier molecular flexibility index (Phi) is 3.40. The van der Waals surface area contributed by atoms with Gasteiger partial charge in [0.05, 0.1) is 6.54 Å². The lowest BCUT2D eigenvalue weighted by Gasteiger charge is -2.16. The summed E-state index contributed by atoms with van der Waals surface area (Å²) in [5.74, 6) is 7.29. The lowest BCUT2D eigenvalue weighted by molar-refractivity contribution is 0.138. The van der Waals surface area contributed by atoms with Gasteiger partial charge in [0, 0.05) is 12.0 Å². The van der Waals surface area contributed by atoms with Crippen molar-refractivity contribution in [1.82, 2.24) is 5.32 Å². The molecule has 0 aromatic heterocycles. The van der Waals surface area contributed by atoms with E-state index >= 15 is 0 Å². The van der Waals surface area contributed by atoms with Crippen molar-refractivity contribution in [2.75, 3.05) is 13.1 Å². The second-order valence-electron chi connectivity index (χ2n) is 4.94. The van der Waals surface area contributed by atoms with Gasteiger partial charge < -0.3 is 10.1 Å². The topological polar surface area (TPSA) is 21.3 Å². The molecule has 0 saturated carbocycles. The van der Waals surface area contributed by atoms with Crippen LogP contribution in [0.2, 0.25) is 0 Å². The summed E-state index contributed by atoms with van der Waals surface area (Å²) >= 11 is 0. The molecule has 0 amide bonds. The van der Waals surface area contributed by atoms with Crippen molar-refractivity contribution in [3.8, 4) is 17.6 Å². The monoisotopic (exact) mass is 229 g/mol. The summed E-state index contributed by atoms with van der Waals surface area (Å²) in [6.45, 7) is 8.01. The number of nitrogens with one attached hydrogen (secondary N) is 1. The van der Waals surface area contributed by atoms with Crippen LogP contribution in [0, 0.1) is 11.8 Å². The largest absolute Gasteiger partial charge is 0.487 e. The lowest BCUT2D eigenvalue weighted by atomic mass is 10.0. The normalized spacial score (nSPS) is 15.7. The first-order chi connectivity index (χ1) is 8.11. The van der Waals surface area contributed by atoms with Gasteiger partial charge in [-0.3, -0.25) is 0 Å². The van der Waals surface area contributed by atoms with Crippen LogP contribution < -0.4 is 10.1 Å². The maximum absolute atomic E-state index is 5.83. The van der Waals surface area contributed by atoms with E-state index in [0.717, 1.165) is 30.8 Å². The highest BCUT2D eigenvalue weighted by atomic mass is 16.5. The van der Waals surface area contributed by atoms with E-state index in [1.54, 1.807) is 0 Å². The van der Waals surface area contributed by atoms with Crippen LogP contribution in [0.4, 0.5) is 0 Å². The third-order valence-electron chi connectivity index (χ3n) is 2.76. The van der Waals surface area contributed by atoms with Crippen LogP contribution in [0.15, 0.2) is 18.2 Å². The van der Waals surface area contributed by atoms with Gasteiger partial charge in [0.25, 0.3) is 0 Å². The summed E-state index contributed by atoms with van der Waals surface area (Å²) in [5.41, 5.74) is 2.27. The van der Waals surface area contributed by atoms with Gasteiger partial charge in [0.1, 0.15) is 11.4 Å². The number of benzene rings is 1. The Hall–Kier alpha value is -1.46. The minimum absolute atomic E-state index is 0.0713. The standard InChI is InChI=1S/C15H19NO/c1-4-16-9-5-6-12-7-8-14-13(10-12)11-15(2,3)17-14/h7-8,10,16H,4,9,11H2,1-3H3. The molecule has 1 aliphatic heterocycles. The smallest absolute Gasteiger partial charge is 0.123 e. The summed E-state index contributed by atoms with van der Waals surface area (Å²) in [6, 6.07) is 6.20. The Balaban J connectivity index is 2.10. The van der Waals surface area contributed by atoms with Crippen LogP contribution in [-0.2, 0) is 6.42 Å². The Labute approximate surface area is 103 Å². The zero-order valence-corrected chi connectivity index (χ0v) is 10.8. The molecular weight excluding hydrogens is 210 g/mol. The van der Waals surface area contributed by atoms with Crippen LogP contribution in [0.1, 0.15) is 31.9 Å². The van der Waals surface area contributed by atoms with Crippen molar-refractivity contribution in [2.45, 2.75) is 32.8 Å². The van der Waals surface area contributed by atoms with Gasteiger partial charge in [0.15, 0.2) is 0 Å². The van der Waals surface area contributed by atoms with Gasteiger partial charge in [-0.2, -0.15) is 0 Å². The van der Waals surface area contributed by atoms with Crippen molar-refractivity contribution in [1.29, 1.82) is 0 Å². The average molecular weight is 229 g/mol. The fraction of sp³-hybridized carbons (Fsp3) is 0.467. The third-order valence-corrected chi connectivity index (χ3v) is 2.76. The van der Waals surface area contributed by atoms with Crippen LogP contribution in [0.25, 0.3) is 0 Å². The van der Waals surface area contributed by atoms with Gasteiger partial charge in [-0.05, 0) is 44.2 Å². The van der Waals surface area contributed by atoms with Crippen LogP contribution >= 0.6 is 0 Å². The number of rotatable bonds is 2. The molecule has 2 heteroatoms. The molecule has 0 saturated heterocycles. The van der Waals surface area contributed by atoms with Crippen LogP contribution in [-0.4, -0.2) is 18.7 Å². The van der Waals surface area contributed by atoms with Gasteiger partial charge in [-0.25, -0.2) is 0 Å². The molecule has 0 atom stereocenters. The van der Waals surface area contributed by atoms with E-state index in [9.17, 15) is 0 Å². The third kappa shape index (κ3) is 3.01. The van der Waals surface area contributed by atoms with E-state index in [4.69, 9.17) is 4.74 Å². The van der Waals surface area contributed by atoms with Gasteiger partial charge in [0.2, 0.25) is 0 Å². The fourth-order valence-electron chi connectivity index (χ4n) is 2.02. The maximum atomic E-state index is 5.83. The minimum Gasteiger partial charge on any atom is -0.487 e. The highest BCUT2D eigenvalue weighted by Gasteiger charge is 2.29. The summed E-state index contributed by atoms with van der Waals surface area (Å²) in [6.07, 6.45) is 0.963. The zero-order valence-electron chi connectivity index (χ0n) is 10.8. The first kappa shape index (κ1) is 12.0. The molecule has 90 valence electrons. The zero-order chi connectivity index (χ0) is 12.3. The molecule has 0 spiro atoms. The Morgan fingerprint density at radius 2 is 2.24 bits per heavy atom. The van der Waals surface area contributed by atoms with E-state index < -0.39 is 0 Å². The molecule has 0 aliphatic carbocycles. The highest BCUT2D eigenvalue weighted by Crippen LogP contribution is 2.34. The average Bonchev–Trinajstić information content (AvgIpc) is 2.57. The molecule has 0 bridgehead atoms. The number of hydrogen-bond donors (Lipinski definition) is 1. The predicted octanol–water partition coefficient (Wildman–Crippen LogP) is 2.36. The SMILES string of the molecule is CCNCC#Cc1ccc2c(c1)CC(C)(C)O2. The first-order valence-corrected chi connectivity index (χ1v) is 6.12. The van der Waals surface area contributed by atoms with Gasteiger partial charge >= 0.3 is 0 Å². The second kappa shape index (κ2) is 4.81.